The van der Waals surface area contributed by atoms with E-state index in [2.05, 4.69) is 0 Å². The number of carbonyl (C=O) groups excluding carboxylic acids is 1. The van der Waals surface area contributed by atoms with Gasteiger partial charge in [0.05, 0.1) is 31.4 Å². The summed E-state index contributed by atoms with van der Waals surface area (Å²) in [5, 5.41) is 9.02. The van der Waals surface area contributed by atoms with Gasteiger partial charge in [-0.25, -0.2) is 0 Å². The van der Waals surface area contributed by atoms with Gasteiger partial charge in [-0.15, -0.1) is 0 Å². The number of hydrogen-bond acceptors (Lipinski definition) is 4. The third-order valence-corrected chi connectivity index (χ3v) is 2.91. The number of carbonyl (C=O) groups is 1. The van der Waals surface area contributed by atoms with E-state index in [0.717, 1.165) is 6.42 Å². The molecule has 2 unspecified atom stereocenters. The molecule has 3 atom stereocenters. The zero-order valence-corrected chi connectivity index (χ0v) is 10.1. The van der Waals surface area contributed by atoms with Crippen molar-refractivity contribution in [1.82, 2.24) is 4.90 Å². The molecule has 16 heavy (non-hydrogen) atoms. The molecule has 3 N–H and O–H groups in total. The molecular weight excluding hydrogens is 208 g/mol. The van der Waals surface area contributed by atoms with Crippen LogP contribution in [0.2, 0.25) is 0 Å². The molecule has 0 aromatic heterocycles. The predicted octanol–water partition coefficient (Wildman–Crippen LogP) is -0.278. The first-order valence-corrected chi connectivity index (χ1v) is 5.88. The molecule has 1 heterocycles. The van der Waals surface area contributed by atoms with Crippen LogP contribution in [0, 0.1) is 0 Å². The molecule has 1 aliphatic rings. The number of ether oxygens (including phenoxy) is 1. The van der Waals surface area contributed by atoms with E-state index < -0.39 is 6.04 Å². The van der Waals surface area contributed by atoms with Gasteiger partial charge >= 0.3 is 0 Å². The van der Waals surface area contributed by atoms with E-state index in [1.54, 1.807) is 4.90 Å². The molecule has 0 radical (unpaired) electrons. The Morgan fingerprint density at radius 3 is 2.94 bits per heavy atom. The first-order valence-electron chi connectivity index (χ1n) is 5.88. The molecule has 0 aromatic rings. The summed E-state index contributed by atoms with van der Waals surface area (Å²) in [6, 6.07) is -0.386. The number of hydrogen-bond donors (Lipinski definition) is 2. The normalized spacial score (nSPS) is 27.9. The van der Waals surface area contributed by atoms with Crippen LogP contribution in [0.1, 0.15) is 26.7 Å². The SMILES string of the molecule is CCC[C@H](N)C(=O)N1CC(CO)OCC1C. The highest BCUT2D eigenvalue weighted by molar-refractivity contribution is 5.82. The van der Waals surface area contributed by atoms with Gasteiger partial charge in [-0.1, -0.05) is 13.3 Å². The minimum absolute atomic E-state index is 0.0314. The molecule has 1 aliphatic heterocycles. The van der Waals surface area contributed by atoms with Gasteiger partial charge in [-0.3, -0.25) is 4.79 Å². The van der Waals surface area contributed by atoms with Crippen LogP contribution in [0.4, 0.5) is 0 Å². The van der Waals surface area contributed by atoms with Crippen molar-refractivity contribution in [3.05, 3.63) is 0 Å². The Morgan fingerprint density at radius 1 is 1.69 bits per heavy atom. The van der Waals surface area contributed by atoms with Crippen molar-refractivity contribution >= 4 is 5.91 Å². The van der Waals surface area contributed by atoms with E-state index in [9.17, 15) is 4.79 Å². The van der Waals surface area contributed by atoms with Gasteiger partial charge in [0, 0.05) is 6.54 Å². The molecular formula is C11H22N2O3. The highest BCUT2D eigenvalue weighted by atomic mass is 16.5. The molecule has 0 saturated carbocycles. The van der Waals surface area contributed by atoms with Crippen LogP contribution < -0.4 is 5.73 Å². The molecule has 1 amide bonds. The van der Waals surface area contributed by atoms with Crippen molar-refractivity contribution < 1.29 is 14.6 Å². The van der Waals surface area contributed by atoms with Gasteiger partial charge in [0.1, 0.15) is 0 Å². The number of morpholine rings is 1. The van der Waals surface area contributed by atoms with E-state index >= 15 is 0 Å². The monoisotopic (exact) mass is 230 g/mol. The van der Waals surface area contributed by atoms with Crippen molar-refractivity contribution in [2.24, 2.45) is 5.73 Å². The zero-order chi connectivity index (χ0) is 12.1. The van der Waals surface area contributed by atoms with Crippen LogP contribution in [0.3, 0.4) is 0 Å². The Labute approximate surface area is 96.6 Å². The standard InChI is InChI=1S/C11H22N2O3/c1-3-4-10(12)11(15)13-5-9(6-14)16-7-8(13)2/h8-10,14H,3-7,12H2,1-2H3/t8?,9?,10-/m0/s1. The topological polar surface area (TPSA) is 75.8 Å². The lowest BCUT2D eigenvalue weighted by Gasteiger charge is -2.38. The lowest BCUT2D eigenvalue weighted by atomic mass is 10.1. The number of nitrogens with two attached hydrogens (primary N) is 1. The van der Waals surface area contributed by atoms with Crippen molar-refractivity contribution in [3.8, 4) is 0 Å². The average molecular weight is 230 g/mol. The van der Waals surface area contributed by atoms with Crippen molar-refractivity contribution in [1.29, 1.82) is 0 Å². The number of aliphatic hydroxyl groups is 1. The van der Waals surface area contributed by atoms with Gasteiger partial charge < -0.3 is 20.5 Å². The van der Waals surface area contributed by atoms with E-state index in [0.29, 0.717) is 19.6 Å². The highest BCUT2D eigenvalue weighted by Crippen LogP contribution is 2.13. The molecule has 1 rings (SSSR count). The van der Waals surface area contributed by atoms with Gasteiger partial charge in [0.15, 0.2) is 0 Å². The van der Waals surface area contributed by atoms with Crippen LogP contribution in [0.25, 0.3) is 0 Å². The largest absolute Gasteiger partial charge is 0.394 e. The van der Waals surface area contributed by atoms with E-state index in [1.165, 1.54) is 0 Å². The first kappa shape index (κ1) is 13.4. The number of aliphatic hydroxyl groups excluding tert-OH is 1. The van der Waals surface area contributed by atoms with Gasteiger partial charge in [0.2, 0.25) is 5.91 Å². The van der Waals surface area contributed by atoms with Gasteiger partial charge in [0.25, 0.3) is 0 Å². The Kier molecular flexibility index (Phi) is 5.18. The second-order valence-electron chi connectivity index (χ2n) is 4.37. The summed E-state index contributed by atoms with van der Waals surface area (Å²) >= 11 is 0. The maximum Gasteiger partial charge on any atom is 0.239 e. The summed E-state index contributed by atoms with van der Waals surface area (Å²) in [6.07, 6.45) is 1.33. The number of nitrogens with zero attached hydrogens (tertiary/aromatic N) is 1. The van der Waals surface area contributed by atoms with Crippen LogP contribution >= 0.6 is 0 Å². The zero-order valence-electron chi connectivity index (χ0n) is 10.1. The van der Waals surface area contributed by atoms with Crippen LogP contribution in [0.5, 0.6) is 0 Å². The maximum absolute atomic E-state index is 12.0. The van der Waals surface area contributed by atoms with Gasteiger partial charge in [-0.05, 0) is 13.3 Å². The third-order valence-electron chi connectivity index (χ3n) is 2.91. The lowest BCUT2D eigenvalue weighted by Crippen LogP contribution is -2.56. The van der Waals surface area contributed by atoms with Crippen molar-refractivity contribution in [2.45, 2.75) is 44.9 Å². The molecule has 0 spiro atoms. The minimum atomic E-state index is -0.426. The Balaban J connectivity index is 2.58. The second kappa shape index (κ2) is 6.18. The fourth-order valence-corrected chi connectivity index (χ4v) is 1.88. The molecule has 94 valence electrons. The van der Waals surface area contributed by atoms with Crippen molar-refractivity contribution in [2.75, 3.05) is 19.8 Å². The summed E-state index contributed by atoms with van der Waals surface area (Å²) in [6.45, 7) is 4.79. The molecule has 0 aromatic carbocycles. The van der Waals surface area contributed by atoms with Crippen LogP contribution in [-0.4, -0.2) is 53.9 Å². The Bertz CT molecular complexity index is 235. The van der Waals surface area contributed by atoms with Crippen LogP contribution in [-0.2, 0) is 9.53 Å². The lowest BCUT2D eigenvalue weighted by molar-refractivity contribution is -0.147. The van der Waals surface area contributed by atoms with Crippen molar-refractivity contribution in [3.63, 3.8) is 0 Å². The summed E-state index contributed by atoms with van der Waals surface area (Å²) in [5.74, 6) is -0.0314. The Morgan fingerprint density at radius 2 is 2.38 bits per heavy atom. The maximum atomic E-state index is 12.0. The highest BCUT2D eigenvalue weighted by Gasteiger charge is 2.31. The minimum Gasteiger partial charge on any atom is -0.394 e. The average Bonchev–Trinajstić information content (AvgIpc) is 2.29. The fraction of sp³-hybridized carbons (Fsp3) is 0.909. The molecule has 5 heteroatoms. The molecule has 0 bridgehead atoms. The summed E-state index contributed by atoms with van der Waals surface area (Å²) in [5.41, 5.74) is 5.81. The number of amides is 1. The van der Waals surface area contributed by atoms with E-state index in [4.69, 9.17) is 15.6 Å². The summed E-state index contributed by atoms with van der Waals surface area (Å²) < 4.78 is 5.37. The molecule has 1 fully saturated rings. The second-order valence-corrected chi connectivity index (χ2v) is 4.37. The number of rotatable bonds is 4. The molecule has 5 nitrogen and oxygen atoms in total. The summed E-state index contributed by atoms with van der Waals surface area (Å²) in [7, 11) is 0. The first-order chi connectivity index (χ1) is 7.60. The summed E-state index contributed by atoms with van der Waals surface area (Å²) in [4.78, 5) is 13.8. The van der Waals surface area contributed by atoms with Gasteiger partial charge in [-0.2, -0.15) is 0 Å². The van der Waals surface area contributed by atoms with E-state index in [-0.39, 0.29) is 24.7 Å². The fourth-order valence-electron chi connectivity index (χ4n) is 1.88. The molecule has 1 saturated heterocycles. The van der Waals surface area contributed by atoms with E-state index in [1.807, 2.05) is 13.8 Å². The van der Waals surface area contributed by atoms with Crippen LogP contribution in [0.15, 0.2) is 0 Å². The molecule has 0 aliphatic carbocycles. The smallest absolute Gasteiger partial charge is 0.239 e. The Hall–Kier alpha value is -0.650. The quantitative estimate of drug-likeness (QED) is 0.696. The third kappa shape index (κ3) is 3.17. The predicted molar refractivity (Wildman–Crippen MR) is 60.9 cm³/mol.